The summed E-state index contributed by atoms with van der Waals surface area (Å²) in [6.07, 6.45) is 0. The minimum Gasteiger partial charge on any atom is -0.381 e. The van der Waals surface area contributed by atoms with Gasteiger partial charge in [0.1, 0.15) is 11.4 Å². The average molecular weight is 251 g/mol. The summed E-state index contributed by atoms with van der Waals surface area (Å²) in [5, 5.41) is 11.1. The molecule has 0 fully saturated rings. The van der Waals surface area contributed by atoms with Gasteiger partial charge in [-0.2, -0.15) is 0 Å². The van der Waals surface area contributed by atoms with Crippen LogP contribution in [-0.4, -0.2) is 5.11 Å². The molecule has 0 saturated carbocycles. The van der Waals surface area contributed by atoms with Crippen LogP contribution in [-0.2, 0) is 5.60 Å². The van der Waals surface area contributed by atoms with Gasteiger partial charge in [0.25, 0.3) is 0 Å². The van der Waals surface area contributed by atoms with Crippen LogP contribution in [0.3, 0.4) is 0 Å². The second-order valence-corrected chi connectivity index (χ2v) is 4.52. The molecule has 2 aromatic rings. The number of hydrogen-bond acceptors (Lipinski definition) is 1. The summed E-state index contributed by atoms with van der Waals surface area (Å²) in [4.78, 5) is 0. The van der Waals surface area contributed by atoms with E-state index in [0.717, 1.165) is 0 Å². The molecule has 2 aromatic carbocycles. The first-order chi connectivity index (χ1) is 8.00. The molecule has 0 aliphatic carbocycles. The van der Waals surface area contributed by atoms with Gasteiger partial charge >= 0.3 is 0 Å². The highest BCUT2D eigenvalue weighted by molar-refractivity contribution is 6.30. The fourth-order valence-corrected chi connectivity index (χ4v) is 1.84. The van der Waals surface area contributed by atoms with Gasteiger partial charge in [0.15, 0.2) is 0 Å². The van der Waals surface area contributed by atoms with Crippen LogP contribution in [0.5, 0.6) is 0 Å². The van der Waals surface area contributed by atoms with E-state index in [1.54, 1.807) is 43.3 Å². The molecular formula is C14H12ClFO. The summed E-state index contributed by atoms with van der Waals surface area (Å²) in [6, 6.07) is 12.8. The van der Waals surface area contributed by atoms with E-state index in [-0.39, 0.29) is 5.82 Å². The van der Waals surface area contributed by atoms with E-state index in [1.165, 1.54) is 12.1 Å². The zero-order valence-corrected chi connectivity index (χ0v) is 10.1. The van der Waals surface area contributed by atoms with Gasteiger partial charge in [0.05, 0.1) is 0 Å². The maximum atomic E-state index is 12.8. The van der Waals surface area contributed by atoms with Crippen LogP contribution < -0.4 is 0 Å². The average Bonchev–Trinajstić information content (AvgIpc) is 2.30. The molecule has 1 atom stereocenters. The highest BCUT2D eigenvalue weighted by Crippen LogP contribution is 2.29. The lowest BCUT2D eigenvalue weighted by atomic mass is 9.88. The zero-order valence-electron chi connectivity index (χ0n) is 9.32. The summed E-state index contributed by atoms with van der Waals surface area (Å²) < 4.78 is 12.8. The summed E-state index contributed by atoms with van der Waals surface area (Å²) in [6.45, 7) is 1.67. The molecule has 0 aliphatic rings. The van der Waals surface area contributed by atoms with Crippen LogP contribution >= 0.6 is 11.6 Å². The quantitative estimate of drug-likeness (QED) is 0.861. The predicted octanol–water partition coefficient (Wildman–Crippen LogP) is 3.73. The highest BCUT2D eigenvalue weighted by Gasteiger charge is 2.25. The number of rotatable bonds is 2. The van der Waals surface area contributed by atoms with Gasteiger partial charge < -0.3 is 5.11 Å². The van der Waals surface area contributed by atoms with Crippen LogP contribution in [0.1, 0.15) is 18.1 Å². The van der Waals surface area contributed by atoms with Crippen molar-refractivity contribution in [1.29, 1.82) is 0 Å². The molecule has 0 amide bonds. The molecule has 0 spiro atoms. The maximum Gasteiger partial charge on any atom is 0.123 e. The van der Waals surface area contributed by atoms with E-state index in [0.29, 0.717) is 16.1 Å². The smallest absolute Gasteiger partial charge is 0.123 e. The van der Waals surface area contributed by atoms with Crippen molar-refractivity contribution in [1.82, 2.24) is 0 Å². The highest BCUT2D eigenvalue weighted by atomic mass is 35.5. The Kier molecular flexibility index (Phi) is 3.18. The molecule has 0 aliphatic heterocycles. The molecule has 0 saturated heterocycles. The molecule has 0 heterocycles. The molecule has 1 unspecified atom stereocenters. The maximum absolute atomic E-state index is 12.8. The Morgan fingerprint density at radius 1 is 0.941 bits per heavy atom. The lowest BCUT2D eigenvalue weighted by Crippen LogP contribution is -2.22. The number of hydrogen-bond donors (Lipinski definition) is 1. The van der Waals surface area contributed by atoms with E-state index in [4.69, 9.17) is 11.6 Å². The van der Waals surface area contributed by atoms with Crippen molar-refractivity contribution < 1.29 is 9.50 Å². The first-order valence-corrected chi connectivity index (χ1v) is 5.62. The van der Waals surface area contributed by atoms with Gasteiger partial charge in [0, 0.05) is 5.02 Å². The summed E-state index contributed by atoms with van der Waals surface area (Å²) >= 11 is 5.80. The van der Waals surface area contributed by atoms with Crippen molar-refractivity contribution in [2.45, 2.75) is 12.5 Å². The SMILES string of the molecule is CC(O)(c1ccc(F)cc1)c1ccc(Cl)cc1. The molecule has 1 N–H and O–H groups in total. The van der Waals surface area contributed by atoms with E-state index in [1.807, 2.05) is 0 Å². The van der Waals surface area contributed by atoms with Crippen LogP contribution in [0, 0.1) is 5.82 Å². The van der Waals surface area contributed by atoms with Gasteiger partial charge in [-0.25, -0.2) is 4.39 Å². The Labute approximate surface area is 104 Å². The van der Waals surface area contributed by atoms with Crippen molar-refractivity contribution in [3.05, 3.63) is 70.5 Å². The van der Waals surface area contributed by atoms with E-state index in [9.17, 15) is 9.50 Å². The lowest BCUT2D eigenvalue weighted by molar-refractivity contribution is 0.102. The van der Waals surface area contributed by atoms with Crippen LogP contribution in [0.15, 0.2) is 48.5 Å². The van der Waals surface area contributed by atoms with Gasteiger partial charge in [-0.1, -0.05) is 35.9 Å². The third kappa shape index (κ3) is 2.48. The number of aliphatic hydroxyl groups is 1. The Morgan fingerprint density at radius 3 is 1.82 bits per heavy atom. The molecule has 0 radical (unpaired) electrons. The van der Waals surface area contributed by atoms with Gasteiger partial charge in [-0.15, -0.1) is 0 Å². The van der Waals surface area contributed by atoms with Crippen molar-refractivity contribution in [3.8, 4) is 0 Å². The number of halogens is 2. The van der Waals surface area contributed by atoms with Gasteiger partial charge in [-0.3, -0.25) is 0 Å². The Hall–Kier alpha value is -1.38. The third-order valence-electron chi connectivity index (χ3n) is 2.81. The standard InChI is InChI=1S/C14H12ClFO/c1-14(17,10-2-6-12(15)7-3-10)11-4-8-13(16)9-5-11/h2-9,17H,1H3. The molecule has 3 heteroatoms. The number of benzene rings is 2. The molecular weight excluding hydrogens is 239 g/mol. The second kappa shape index (κ2) is 4.47. The predicted molar refractivity (Wildman–Crippen MR) is 66.5 cm³/mol. The van der Waals surface area contributed by atoms with Crippen molar-refractivity contribution in [2.75, 3.05) is 0 Å². The first-order valence-electron chi connectivity index (χ1n) is 5.24. The summed E-state index contributed by atoms with van der Waals surface area (Å²) in [7, 11) is 0. The molecule has 17 heavy (non-hydrogen) atoms. The molecule has 0 aromatic heterocycles. The molecule has 0 bridgehead atoms. The Bertz CT molecular complexity index is 455. The van der Waals surface area contributed by atoms with E-state index < -0.39 is 5.60 Å². The minimum atomic E-state index is -1.15. The van der Waals surface area contributed by atoms with Gasteiger partial charge in [-0.05, 0) is 42.3 Å². The summed E-state index contributed by atoms with van der Waals surface area (Å²) in [5.74, 6) is -0.319. The second-order valence-electron chi connectivity index (χ2n) is 4.09. The fourth-order valence-electron chi connectivity index (χ4n) is 1.72. The van der Waals surface area contributed by atoms with Crippen LogP contribution in [0.4, 0.5) is 4.39 Å². The third-order valence-corrected chi connectivity index (χ3v) is 3.06. The Balaban J connectivity index is 2.41. The van der Waals surface area contributed by atoms with Crippen molar-refractivity contribution in [2.24, 2.45) is 0 Å². The lowest BCUT2D eigenvalue weighted by Gasteiger charge is -2.24. The normalized spacial score (nSPS) is 14.4. The first kappa shape index (κ1) is 12.1. The monoisotopic (exact) mass is 250 g/mol. The largest absolute Gasteiger partial charge is 0.381 e. The molecule has 1 nitrogen and oxygen atoms in total. The zero-order chi connectivity index (χ0) is 12.5. The molecule has 88 valence electrons. The van der Waals surface area contributed by atoms with Crippen LogP contribution in [0.25, 0.3) is 0 Å². The van der Waals surface area contributed by atoms with E-state index >= 15 is 0 Å². The van der Waals surface area contributed by atoms with Crippen molar-refractivity contribution >= 4 is 11.6 Å². The Morgan fingerprint density at radius 2 is 1.35 bits per heavy atom. The topological polar surface area (TPSA) is 20.2 Å². The van der Waals surface area contributed by atoms with Crippen LogP contribution in [0.2, 0.25) is 5.02 Å². The molecule has 2 rings (SSSR count). The van der Waals surface area contributed by atoms with Crippen molar-refractivity contribution in [3.63, 3.8) is 0 Å². The minimum absolute atomic E-state index is 0.319. The fraction of sp³-hybridized carbons (Fsp3) is 0.143. The summed E-state index contributed by atoms with van der Waals surface area (Å²) in [5.41, 5.74) is 0.202. The van der Waals surface area contributed by atoms with E-state index in [2.05, 4.69) is 0 Å². The van der Waals surface area contributed by atoms with Gasteiger partial charge in [0.2, 0.25) is 0 Å².